The fraction of sp³-hybridized carbons (Fsp3) is 0.462. The number of rotatable bonds is 5. The number of carbonyl (C=O) groups is 1. The summed E-state index contributed by atoms with van der Waals surface area (Å²) in [6, 6.07) is 10.2. The number of esters is 1. The molecular formula is C13H18O2. The number of ether oxygens (including phenoxy) is 1. The Labute approximate surface area is 91.3 Å². The molecule has 1 rings (SSSR count). The maximum Gasteiger partial charge on any atom is 0.305 e. The van der Waals surface area contributed by atoms with E-state index in [-0.39, 0.29) is 12.1 Å². The van der Waals surface area contributed by atoms with Gasteiger partial charge in [0.05, 0.1) is 6.10 Å². The zero-order valence-corrected chi connectivity index (χ0v) is 9.40. The third-order valence-corrected chi connectivity index (χ3v) is 2.30. The van der Waals surface area contributed by atoms with E-state index in [9.17, 15) is 4.79 Å². The highest BCUT2D eigenvalue weighted by atomic mass is 16.5. The molecule has 0 N–H and O–H groups in total. The molecule has 0 aromatic heterocycles. The molecule has 2 heteroatoms. The van der Waals surface area contributed by atoms with Crippen molar-refractivity contribution < 1.29 is 9.53 Å². The second kappa shape index (κ2) is 6.23. The summed E-state index contributed by atoms with van der Waals surface area (Å²) in [5, 5.41) is 0. The molecule has 0 aliphatic carbocycles. The quantitative estimate of drug-likeness (QED) is 0.692. The minimum Gasteiger partial charge on any atom is -0.463 e. The maximum absolute atomic E-state index is 11.0. The molecule has 1 atom stereocenters. The van der Waals surface area contributed by atoms with Crippen molar-refractivity contribution in [2.75, 3.05) is 0 Å². The molecule has 0 fully saturated rings. The Morgan fingerprint density at radius 2 is 2.00 bits per heavy atom. The maximum atomic E-state index is 11.0. The molecular weight excluding hydrogens is 188 g/mol. The van der Waals surface area contributed by atoms with Gasteiger partial charge in [0.25, 0.3) is 0 Å². The highest BCUT2D eigenvalue weighted by Crippen LogP contribution is 2.07. The van der Waals surface area contributed by atoms with Crippen LogP contribution in [0.5, 0.6) is 0 Å². The van der Waals surface area contributed by atoms with Gasteiger partial charge in [0.15, 0.2) is 0 Å². The summed E-state index contributed by atoms with van der Waals surface area (Å²) >= 11 is 0. The van der Waals surface area contributed by atoms with Crippen molar-refractivity contribution in [3.63, 3.8) is 0 Å². The van der Waals surface area contributed by atoms with Crippen molar-refractivity contribution in [1.29, 1.82) is 0 Å². The lowest BCUT2D eigenvalue weighted by atomic mass is 10.1. The van der Waals surface area contributed by atoms with Crippen molar-refractivity contribution in [2.45, 2.75) is 39.2 Å². The van der Waals surface area contributed by atoms with Crippen LogP contribution in [-0.2, 0) is 16.0 Å². The van der Waals surface area contributed by atoms with Gasteiger partial charge in [-0.25, -0.2) is 0 Å². The first-order valence-electron chi connectivity index (χ1n) is 5.45. The van der Waals surface area contributed by atoms with Gasteiger partial charge in [-0.2, -0.15) is 0 Å². The molecule has 0 radical (unpaired) electrons. The van der Waals surface area contributed by atoms with Crippen molar-refractivity contribution >= 4 is 5.97 Å². The molecule has 0 bridgehead atoms. The van der Waals surface area contributed by atoms with Crippen LogP contribution in [0, 0.1) is 0 Å². The predicted octanol–water partition coefficient (Wildman–Crippen LogP) is 2.96. The van der Waals surface area contributed by atoms with Crippen LogP contribution in [0.4, 0.5) is 0 Å². The summed E-state index contributed by atoms with van der Waals surface area (Å²) in [5.41, 5.74) is 1.29. The van der Waals surface area contributed by atoms with Crippen molar-refractivity contribution in [3.8, 4) is 0 Å². The van der Waals surface area contributed by atoms with E-state index in [0.29, 0.717) is 6.42 Å². The lowest BCUT2D eigenvalue weighted by molar-refractivity contribution is -0.148. The number of benzene rings is 1. The molecule has 0 saturated heterocycles. The van der Waals surface area contributed by atoms with Crippen molar-refractivity contribution in [2.24, 2.45) is 0 Å². The molecule has 82 valence electrons. The second-order valence-electron chi connectivity index (χ2n) is 3.68. The highest BCUT2D eigenvalue weighted by molar-refractivity contribution is 5.69. The summed E-state index contributed by atoms with van der Waals surface area (Å²) in [6.07, 6.45) is 2.31. The van der Waals surface area contributed by atoms with Crippen molar-refractivity contribution in [3.05, 3.63) is 35.9 Å². The van der Waals surface area contributed by atoms with Crippen LogP contribution in [0.2, 0.25) is 0 Å². The van der Waals surface area contributed by atoms with Crippen LogP contribution in [0.3, 0.4) is 0 Å². The van der Waals surface area contributed by atoms with E-state index in [4.69, 9.17) is 4.74 Å². The molecule has 0 saturated carbocycles. The lowest BCUT2D eigenvalue weighted by Crippen LogP contribution is -2.14. The largest absolute Gasteiger partial charge is 0.463 e. The first-order chi connectivity index (χ1) is 7.22. The fourth-order valence-electron chi connectivity index (χ4n) is 1.38. The van der Waals surface area contributed by atoms with Gasteiger partial charge in [-0.3, -0.25) is 4.79 Å². The Balaban J connectivity index is 2.28. The van der Waals surface area contributed by atoms with Gasteiger partial charge in [-0.05, 0) is 25.3 Å². The molecule has 1 aromatic rings. The summed E-state index contributed by atoms with van der Waals surface area (Å²) in [4.78, 5) is 11.0. The molecule has 0 aliphatic heterocycles. The first-order valence-corrected chi connectivity index (χ1v) is 5.45. The van der Waals surface area contributed by atoms with Gasteiger partial charge < -0.3 is 4.74 Å². The molecule has 0 amide bonds. The SMILES string of the molecule is CCC(=O)O[C@H](C)CCc1ccccc1. The molecule has 2 nitrogen and oxygen atoms in total. The summed E-state index contributed by atoms with van der Waals surface area (Å²) in [7, 11) is 0. The Bertz CT molecular complexity index is 293. The van der Waals surface area contributed by atoms with Crippen LogP contribution in [0.15, 0.2) is 30.3 Å². The van der Waals surface area contributed by atoms with Gasteiger partial charge in [-0.15, -0.1) is 0 Å². The number of carbonyl (C=O) groups excluding carboxylic acids is 1. The van der Waals surface area contributed by atoms with Gasteiger partial charge in [0.2, 0.25) is 0 Å². The fourth-order valence-corrected chi connectivity index (χ4v) is 1.38. The van der Waals surface area contributed by atoms with Gasteiger partial charge in [0, 0.05) is 6.42 Å². The number of hydrogen-bond acceptors (Lipinski definition) is 2. The normalized spacial score (nSPS) is 12.1. The van der Waals surface area contributed by atoms with E-state index >= 15 is 0 Å². The average Bonchev–Trinajstić information content (AvgIpc) is 2.27. The smallest absolute Gasteiger partial charge is 0.305 e. The highest BCUT2D eigenvalue weighted by Gasteiger charge is 2.07. The first kappa shape index (κ1) is 11.8. The predicted molar refractivity (Wildman–Crippen MR) is 60.6 cm³/mol. The van der Waals surface area contributed by atoms with E-state index < -0.39 is 0 Å². The molecule has 0 spiro atoms. The number of aryl methyl sites for hydroxylation is 1. The molecule has 15 heavy (non-hydrogen) atoms. The third kappa shape index (κ3) is 4.63. The molecule has 1 aromatic carbocycles. The van der Waals surface area contributed by atoms with Crippen LogP contribution >= 0.6 is 0 Å². The monoisotopic (exact) mass is 206 g/mol. The van der Waals surface area contributed by atoms with E-state index in [1.54, 1.807) is 0 Å². The minimum absolute atomic E-state index is 0.0117. The van der Waals surface area contributed by atoms with Gasteiger partial charge >= 0.3 is 5.97 Å². The van der Waals surface area contributed by atoms with Gasteiger partial charge in [-0.1, -0.05) is 37.3 Å². The average molecular weight is 206 g/mol. The molecule has 0 aliphatic rings. The van der Waals surface area contributed by atoms with Crippen LogP contribution in [0.1, 0.15) is 32.3 Å². The Hall–Kier alpha value is -1.31. The Morgan fingerprint density at radius 1 is 1.33 bits per heavy atom. The summed E-state index contributed by atoms with van der Waals surface area (Å²) < 4.78 is 5.18. The third-order valence-electron chi connectivity index (χ3n) is 2.30. The lowest BCUT2D eigenvalue weighted by Gasteiger charge is -2.12. The standard InChI is InChI=1S/C13H18O2/c1-3-13(14)15-11(2)9-10-12-7-5-4-6-8-12/h4-8,11H,3,9-10H2,1-2H3/t11-/m1/s1. The van der Waals surface area contributed by atoms with Crippen LogP contribution in [0.25, 0.3) is 0 Å². The second-order valence-corrected chi connectivity index (χ2v) is 3.68. The molecule has 0 heterocycles. The molecule has 0 unspecified atom stereocenters. The zero-order chi connectivity index (χ0) is 11.1. The van der Waals surface area contributed by atoms with E-state index in [0.717, 1.165) is 12.8 Å². The van der Waals surface area contributed by atoms with Crippen LogP contribution in [-0.4, -0.2) is 12.1 Å². The van der Waals surface area contributed by atoms with E-state index in [1.807, 2.05) is 32.0 Å². The van der Waals surface area contributed by atoms with E-state index in [1.165, 1.54) is 5.56 Å². The Morgan fingerprint density at radius 3 is 2.60 bits per heavy atom. The number of hydrogen-bond donors (Lipinski definition) is 0. The van der Waals surface area contributed by atoms with Crippen LogP contribution < -0.4 is 0 Å². The zero-order valence-electron chi connectivity index (χ0n) is 9.40. The topological polar surface area (TPSA) is 26.3 Å². The summed E-state index contributed by atoms with van der Waals surface area (Å²) in [6.45, 7) is 3.75. The Kier molecular flexibility index (Phi) is 4.88. The minimum atomic E-state index is -0.115. The van der Waals surface area contributed by atoms with Gasteiger partial charge in [0.1, 0.15) is 0 Å². The van der Waals surface area contributed by atoms with Crippen molar-refractivity contribution in [1.82, 2.24) is 0 Å². The summed E-state index contributed by atoms with van der Waals surface area (Å²) in [5.74, 6) is -0.115. The van der Waals surface area contributed by atoms with E-state index in [2.05, 4.69) is 12.1 Å².